The quantitative estimate of drug-likeness (QED) is 0.135. The summed E-state index contributed by atoms with van der Waals surface area (Å²) < 4.78 is 19.3. The number of benzene rings is 24. The van der Waals surface area contributed by atoms with Crippen molar-refractivity contribution in [3.05, 3.63) is 473 Å². The van der Waals surface area contributed by atoms with Crippen molar-refractivity contribution in [2.24, 2.45) is 0 Å². The molecule has 3 heterocycles. The lowest BCUT2D eigenvalue weighted by Crippen LogP contribution is -1.90. The Morgan fingerprint density at radius 3 is 0.698 bits per heavy atom. The molecule has 0 atom stereocenters. The van der Waals surface area contributed by atoms with Crippen LogP contribution in [0.3, 0.4) is 0 Å². The summed E-state index contributed by atoms with van der Waals surface area (Å²) in [5.41, 5.74) is 27.5. The Hall–Kier alpha value is -17.0. The SMILES string of the molecule is c1ccc(-c2c3ccccc3c(-c3ccc4oc5cc(-c6ccc7ccccc7c6)ccc5c4c3)c3ccccc23)cc1.c1ccc(-c2c3ccccc3c(-c3ccc4oc5cc(-c6cccc7ccccc67)ccc5c4c3)c3ccccc23)cc1.c1ccc(-c2c3ccccc3c(-c3ccc4oc5ccc(-c6cccc7ccccc67)cc5c4c3)c3ccccc23)cc1. The fraction of sp³-hybridized carbons (Fsp3) is 0. The third-order valence-corrected chi connectivity index (χ3v) is 26.5. The molecule has 0 spiro atoms. The average molecular weight is 1640 g/mol. The van der Waals surface area contributed by atoms with Gasteiger partial charge in [0.2, 0.25) is 0 Å². The zero-order valence-corrected chi connectivity index (χ0v) is 70.3. The minimum Gasteiger partial charge on any atom is -0.456 e. The fourth-order valence-corrected chi connectivity index (χ4v) is 20.7. The Morgan fingerprint density at radius 2 is 0.333 bits per heavy atom. The molecule has 129 heavy (non-hydrogen) atoms. The van der Waals surface area contributed by atoms with Gasteiger partial charge in [0.25, 0.3) is 0 Å². The van der Waals surface area contributed by atoms with Crippen molar-refractivity contribution in [2.75, 3.05) is 0 Å². The van der Waals surface area contributed by atoms with Gasteiger partial charge < -0.3 is 13.3 Å². The van der Waals surface area contributed by atoms with Gasteiger partial charge in [-0.15, -0.1) is 0 Å². The lowest BCUT2D eigenvalue weighted by atomic mass is 9.86. The monoisotopic (exact) mass is 1640 g/mol. The maximum Gasteiger partial charge on any atom is 0.136 e. The molecule has 0 saturated carbocycles. The summed E-state index contributed by atoms with van der Waals surface area (Å²) in [5.74, 6) is 0. The largest absolute Gasteiger partial charge is 0.456 e. The lowest BCUT2D eigenvalue weighted by Gasteiger charge is -2.17. The van der Waals surface area contributed by atoms with Crippen molar-refractivity contribution in [1.29, 1.82) is 0 Å². The molecular weight excluding hydrogens is 1560 g/mol. The number of fused-ring (bicyclic) bond motifs is 18. The van der Waals surface area contributed by atoms with E-state index in [1.165, 1.54) is 186 Å². The molecule has 0 aliphatic heterocycles. The molecule has 27 aromatic rings. The van der Waals surface area contributed by atoms with Crippen LogP contribution in [0.5, 0.6) is 0 Å². The highest BCUT2D eigenvalue weighted by Gasteiger charge is 2.24. The molecule has 27 rings (SSSR count). The van der Waals surface area contributed by atoms with Crippen LogP contribution in [-0.2, 0) is 0 Å². The van der Waals surface area contributed by atoms with Crippen LogP contribution >= 0.6 is 0 Å². The van der Waals surface area contributed by atoms with Gasteiger partial charge in [-0.25, -0.2) is 0 Å². The second-order valence-corrected chi connectivity index (χ2v) is 33.8. The first-order valence-corrected chi connectivity index (χ1v) is 44.3. The second-order valence-electron chi connectivity index (χ2n) is 33.8. The van der Waals surface area contributed by atoms with Crippen molar-refractivity contribution >= 4 is 163 Å². The van der Waals surface area contributed by atoms with Gasteiger partial charge in [0.15, 0.2) is 0 Å². The molecule has 0 amide bonds. The molecule has 3 nitrogen and oxygen atoms in total. The smallest absolute Gasteiger partial charge is 0.136 e. The van der Waals surface area contributed by atoms with Crippen LogP contribution in [0.25, 0.3) is 263 Å². The maximum absolute atomic E-state index is 6.47. The summed E-state index contributed by atoms with van der Waals surface area (Å²) in [7, 11) is 0. The van der Waals surface area contributed by atoms with Crippen molar-refractivity contribution in [3.8, 4) is 100 Å². The van der Waals surface area contributed by atoms with Gasteiger partial charge in [-0.3, -0.25) is 0 Å². The molecule has 3 heteroatoms. The van der Waals surface area contributed by atoms with Crippen molar-refractivity contribution in [3.63, 3.8) is 0 Å². The van der Waals surface area contributed by atoms with E-state index < -0.39 is 0 Å². The summed E-state index contributed by atoms with van der Waals surface area (Å²) >= 11 is 0. The van der Waals surface area contributed by atoms with E-state index >= 15 is 0 Å². The van der Waals surface area contributed by atoms with Crippen LogP contribution in [-0.4, -0.2) is 0 Å². The zero-order valence-electron chi connectivity index (χ0n) is 70.3. The van der Waals surface area contributed by atoms with Crippen LogP contribution in [0.2, 0.25) is 0 Å². The molecule has 0 saturated heterocycles. The minimum atomic E-state index is 0.906. The van der Waals surface area contributed by atoms with E-state index in [0.29, 0.717) is 0 Å². The topological polar surface area (TPSA) is 39.4 Å². The normalized spacial score (nSPS) is 11.7. The van der Waals surface area contributed by atoms with Gasteiger partial charge in [-0.1, -0.05) is 394 Å². The third kappa shape index (κ3) is 12.8. The minimum absolute atomic E-state index is 0.906. The predicted molar refractivity (Wildman–Crippen MR) is 548 cm³/mol. The number of furan rings is 3. The molecule has 0 fully saturated rings. The summed E-state index contributed by atoms with van der Waals surface area (Å²) in [6.07, 6.45) is 0. The Bertz CT molecular complexity index is 8990. The first kappa shape index (κ1) is 74.6. The van der Waals surface area contributed by atoms with E-state index in [2.05, 4.69) is 473 Å². The van der Waals surface area contributed by atoms with E-state index in [-0.39, 0.29) is 0 Å². The number of hydrogen-bond donors (Lipinski definition) is 0. The first-order chi connectivity index (χ1) is 64.0. The Morgan fingerprint density at radius 1 is 0.101 bits per heavy atom. The van der Waals surface area contributed by atoms with Gasteiger partial charge in [-0.2, -0.15) is 0 Å². The van der Waals surface area contributed by atoms with Gasteiger partial charge in [-0.05, 0) is 276 Å². The predicted octanol–water partition coefficient (Wildman–Crippen LogP) is 36.1. The van der Waals surface area contributed by atoms with E-state index in [0.717, 1.165) is 76.9 Å². The van der Waals surface area contributed by atoms with Gasteiger partial charge >= 0.3 is 0 Å². The summed E-state index contributed by atoms with van der Waals surface area (Å²) in [5, 5.41) is 29.4. The fourth-order valence-electron chi connectivity index (χ4n) is 20.7. The third-order valence-electron chi connectivity index (χ3n) is 26.5. The van der Waals surface area contributed by atoms with Crippen LogP contribution in [0.15, 0.2) is 486 Å². The summed E-state index contributed by atoms with van der Waals surface area (Å²) in [4.78, 5) is 0. The highest BCUT2D eigenvalue weighted by molar-refractivity contribution is 6.26. The number of rotatable bonds is 9. The van der Waals surface area contributed by atoms with Gasteiger partial charge in [0, 0.05) is 32.3 Å². The number of hydrogen-bond acceptors (Lipinski definition) is 3. The van der Waals surface area contributed by atoms with Crippen LogP contribution < -0.4 is 0 Å². The Kier molecular flexibility index (Phi) is 18.0. The molecule has 0 radical (unpaired) electrons. The van der Waals surface area contributed by atoms with E-state index in [1.54, 1.807) is 0 Å². The van der Waals surface area contributed by atoms with Crippen LogP contribution in [0.1, 0.15) is 0 Å². The maximum atomic E-state index is 6.47. The van der Waals surface area contributed by atoms with E-state index in [4.69, 9.17) is 13.3 Å². The molecule has 0 aliphatic rings. The van der Waals surface area contributed by atoms with Gasteiger partial charge in [0.1, 0.15) is 33.5 Å². The second kappa shape index (κ2) is 31.1. The standard InChI is InChI=1S/3C42H26O/c1-2-12-28(13-3-1)41-34-16-6-8-18-36(34)42(37-19-9-7-17-35(37)41)30-22-24-39-38(25-30)33-23-21-29(26-40(33)43-39)32-20-10-14-27-11-4-5-15-31(27)32;1-2-12-28(13-3-1)41-33-16-6-8-18-35(33)42(36-19-9-7-17-34(36)41)30-22-24-40-38(26-30)37-25-29(21-23-39(37)43-40)32-20-10-14-27-11-4-5-15-31(27)32;1-2-11-28(12-3-1)41-34-14-6-8-16-36(34)42(37-17-9-7-15-35(37)41)32-21-23-39-38(25-32)33-22-20-31(26-40(33)43-39)30-19-18-27-10-4-5-13-29(27)24-30/h3*1-26H. The molecule has 24 aromatic carbocycles. The highest BCUT2D eigenvalue weighted by Crippen LogP contribution is 2.51. The van der Waals surface area contributed by atoms with Gasteiger partial charge in [0.05, 0.1) is 0 Å². The van der Waals surface area contributed by atoms with Crippen molar-refractivity contribution < 1.29 is 13.3 Å². The zero-order chi connectivity index (χ0) is 85.0. The molecule has 3 aromatic heterocycles. The van der Waals surface area contributed by atoms with Crippen LogP contribution in [0, 0.1) is 0 Å². The Labute approximate surface area is 744 Å². The Balaban J connectivity index is 0.000000105. The van der Waals surface area contributed by atoms with E-state index in [1.807, 2.05) is 0 Å². The highest BCUT2D eigenvalue weighted by atomic mass is 16.3. The molecule has 0 bridgehead atoms. The first-order valence-electron chi connectivity index (χ1n) is 44.3. The molecule has 0 unspecified atom stereocenters. The lowest BCUT2D eigenvalue weighted by molar-refractivity contribution is 0.668. The molecular formula is C126H78O3. The van der Waals surface area contributed by atoms with Crippen molar-refractivity contribution in [1.82, 2.24) is 0 Å². The van der Waals surface area contributed by atoms with Crippen LogP contribution in [0.4, 0.5) is 0 Å². The molecule has 600 valence electrons. The van der Waals surface area contributed by atoms with E-state index in [9.17, 15) is 0 Å². The molecule has 0 N–H and O–H groups in total. The average Bonchev–Trinajstić information content (AvgIpc) is 1.15. The summed E-state index contributed by atoms with van der Waals surface area (Å²) in [6, 6.07) is 170. The molecule has 0 aliphatic carbocycles. The van der Waals surface area contributed by atoms with Crippen molar-refractivity contribution in [2.45, 2.75) is 0 Å². The summed E-state index contributed by atoms with van der Waals surface area (Å²) in [6.45, 7) is 0.